The van der Waals surface area contributed by atoms with Gasteiger partial charge in [-0.3, -0.25) is 14.2 Å². The molecule has 5 nitrogen and oxygen atoms in total. The van der Waals surface area contributed by atoms with Gasteiger partial charge in [-0.05, 0) is 63.3 Å². The van der Waals surface area contributed by atoms with E-state index in [1.165, 1.54) is 6.07 Å². The quantitative estimate of drug-likeness (QED) is 0.801. The second kappa shape index (κ2) is 6.98. The van der Waals surface area contributed by atoms with Crippen molar-refractivity contribution in [1.29, 1.82) is 0 Å². The maximum absolute atomic E-state index is 13.3. The molecule has 2 aromatic rings. The van der Waals surface area contributed by atoms with Crippen molar-refractivity contribution in [2.24, 2.45) is 0 Å². The van der Waals surface area contributed by atoms with Crippen molar-refractivity contribution in [2.45, 2.75) is 58.8 Å². The summed E-state index contributed by atoms with van der Waals surface area (Å²) in [5.41, 5.74) is -0.882. The van der Waals surface area contributed by atoms with Crippen LogP contribution in [0.5, 0.6) is 0 Å². The van der Waals surface area contributed by atoms with Crippen LogP contribution >= 0.6 is 0 Å². The molecule has 1 fully saturated rings. The van der Waals surface area contributed by atoms with Gasteiger partial charge >= 0.3 is 6.18 Å². The Labute approximate surface area is 154 Å². The topological polar surface area (TPSA) is 55.2 Å². The standard InChI is InChI=1S/C19H22F3N3O2/c1-11-8-14-15(9-12(11)2)25(18(27)17(23-14)19(20,21)22)10-16(26)24-7-5-4-6-13(24)3/h8-9,13H,4-7,10H2,1-3H3/t13-/m1/s1. The molecule has 1 saturated heterocycles. The Morgan fingerprint density at radius 2 is 1.89 bits per heavy atom. The highest BCUT2D eigenvalue weighted by molar-refractivity contribution is 5.81. The first-order chi connectivity index (χ1) is 12.6. The average molecular weight is 381 g/mol. The van der Waals surface area contributed by atoms with Crippen LogP contribution in [0.25, 0.3) is 11.0 Å². The first-order valence-corrected chi connectivity index (χ1v) is 8.98. The van der Waals surface area contributed by atoms with Crippen molar-refractivity contribution in [1.82, 2.24) is 14.5 Å². The molecule has 146 valence electrons. The summed E-state index contributed by atoms with van der Waals surface area (Å²) in [6.07, 6.45) is -2.16. The molecule has 2 heterocycles. The molecule has 1 aliphatic rings. The third kappa shape index (κ3) is 3.70. The normalized spacial score (nSPS) is 18.1. The molecule has 0 saturated carbocycles. The molecule has 3 rings (SSSR count). The van der Waals surface area contributed by atoms with Crippen LogP contribution in [0.3, 0.4) is 0 Å². The zero-order valence-electron chi connectivity index (χ0n) is 15.6. The number of nitrogens with zero attached hydrogens (tertiary/aromatic N) is 3. The summed E-state index contributed by atoms with van der Waals surface area (Å²) in [5.74, 6) is -0.344. The number of carbonyl (C=O) groups is 1. The molecule has 1 aromatic carbocycles. The summed E-state index contributed by atoms with van der Waals surface area (Å²) < 4.78 is 40.9. The van der Waals surface area contributed by atoms with E-state index in [1.54, 1.807) is 24.8 Å². The molecular formula is C19H22F3N3O2. The number of aryl methyl sites for hydroxylation is 2. The number of hydrogen-bond donors (Lipinski definition) is 0. The number of amides is 1. The van der Waals surface area contributed by atoms with Crippen molar-refractivity contribution >= 4 is 16.9 Å². The Morgan fingerprint density at radius 3 is 2.52 bits per heavy atom. The Kier molecular flexibility index (Phi) is 5.01. The molecule has 8 heteroatoms. The lowest BCUT2D eigenvalue weighted by molar-refractivity contribution is -0.143. The van der Waals surface area contributed by atoms with Gasteiger partial charge in [0, 0.05) is 12.6 Å². The molecule has 1 aliphatic heterocycles. The minimum Gasteiger partial charge on any atom is -0.338 e. The van der Waals surface area contributed by atoms with Crippen LogP contribution in [0.2, 0.25) is 0 Å². The molecule has 27 heavy (non-hydrogen) atoms. The zero-order chi connectivity index (χ0) is 19.9. The first-order valence-electron chi connectivity index (χ1n) is 8.98. The van der Waals surface area contributed by atoms with Gasteiger partial charge in [-0.25, -0.2) is 4.98 Å². The predicted molar refractivity (Wildman–Crippen MR) is 95.5 cm³/mol. The highest BCUT2D eigenvalue weighted by Crippen LogP contribution is 2.27. The van der Waals surface area contributed by atoms with E-state index >= 15 is 0 Å². The molecule has 0 spiro atoms. The van der Waals surface area contributed by atoms with Crippen molar-refractivity contribution in [2.75, 3.05) is 6.54 Å². The predicted octanol–water partition coefficient (Wildman–Crippen LogP) is 3.43. The van der Waals surface area contributed by atoms with Crippen LogP contribution in [-0.4, -0.2) is 32.9 Å². The number of fused-ring (bicyclic) bond motifs is 1. The highest BCUT2D eigenvalue weighted by Gasteiger charge is 2.38. The highest BCUT2D eigenvalue weighted by atomic mass is 19.4. The Hall–Kier alpha value is -2.38. The smallest absolute Gasteiger partial charge is 0.338 e. The van der Waals surface area contributed by atoms with Crippen molar-refractivity contribution in [3.8, 4) is 0 Å². The van der Waals surface area contributed by atoms with Gasteiger partial charge in [-0.2, -0.15) is 13.2 Å². The minimum atomic E-state index is -4.88. The molecule has 1 amide bonds. The minimum absolute atomic E-state index is 0.0149. The van der Waals surface area contributed by atoms with E-state index in [0.717, 1.165) is 35.0 Å². The van der Waals surface area contributed by atoms with Crippen LogP contribution in [0.1, 0.15) is 43.0 Å². The fourth-order valence-electron chi connectivity index (χ4n) is 3.53. The Morgan fingerprint density at radius 1 is 1.22 bits per heavy atom. The van der Waals surface area contributed by atoms with E-state index in [4.69, 9.17) is 0 Å². The van der Waals surface area contributed by atoms with Crippen LogP contribution in [0.4, 0.5) is 13.2 Å². The summed E-state index contributed by atoms with van der Waals surface area (Å²) in [6.45, 7) is 5.62. The fraction of sp³-hybridized carbons (Fsp3) is 0.526. The summed E-state index contributed by atoms with van der Waals surface area (Å²) in [5, 5.41) is 0. The molecule has 0 N–H and O–H groups in total. The second-order valence-corrected chi connectivity index (χ2v) is 7.21. The lowest BCUT2D eigenvalue weighted by Gasteiger charge is -2.33. The van der Waals surface area contributed by atoms with Gasteiger partial charge < -0.3 is 4.90 Å². The average Bonchev–Trinajstić information content (AvgIpc) is 2.58. The molecule has 0 radical (unpaired) electrons. The van der Waals surface area contributed by atoms with Gasteiger partial charge in [-0.15, -0.1) is 0 Å². The van der Waals surface area contributed by atoms with E-state index in [1.807, 2.05) is 6.92 Å². The van der Waals surface area contributed by atoms with Crippen LogP contribution in [0.15, 0.2) is 16.9 Å². The van der Waals surface area contributed by atoms with Gasteiger partial charge in [0.25, 0.3) is 5.56 Å². The van der Waals surface area contributed by atoms with Crippen molar-refractivity contribution < 1.29 is 18.0 Å². The summed E-state index contributed by atoms with van der Waals surface area (Å²) in [4.78, 5) is 30.5. The van der Waals surface area contributed by atoms with Crippen LogP contribution in [0, 0.1) is 13.8 Å². The zero-order valence-corrected chi connectivity index (χ0v) is 15.6. The molecule has 0 aliphatic carbocycles. The molecule has 1 atom stereocenters. The number of benzene rings is 1. The summed E-state index contributed by atoms with van der Waals surface area (Å²) in [6, 6.07) is 3.15. The second-order valence-electron chi connectivity index (χ2n) is 7.21. The third-order valence-electron chi connectivity index (χ3n) is 5.25. The summed E-state index contributed by atoms with van der Waals surface area (Å²) >= 11 is 0. The fourth-order valence-corrected chi connectivity index (χ4v) is 3.53. The maximum Gasteiger partial charge on any atom is 0.438 e. The molecule has 0 unspecified atom stereocenters. The van der Waals surface area contributed by atoms with Crippen molar-refractivity contribution in [3.63, 3.8) is 0 Å². The van der Waals surface area contributed by atoms with Crippen LogP contribution in [-0.2, 0) is 17.5 Å². The largest absolute Gasteiger partial charge is 0.438 e. The monoisotopic (exact) mass is 381 g/mol. The van der Waals surface area contributed by atoms with Gasteiger partial charge in [-0.1, -0.05) is 0 Å². The third-order valence-corrected chi connectivity index (χ3v) is 5.25. The number of carbonyl (C=O) groups excluding carboxylic acids is 1. The maximum atomic E-state index is 13.3. The number of alkyl halides is 3. The number of rotatable bonds is 2. The summed E-state index contributed by atoms with van der Waals surface area (Å²) in [7, 11) is 0. The Balaban J connectivity index is 2.14. The van der Waals surface area contributed by atoms with E-state index in [9.17, 15) is 22.8 Å². The molecule has 1 aromatic heterocycles. The Bertz CT molecular complexity index is 950. The SMILES string of the molecule is Cc1cc2nc(C(F)(F)F)c(=O)n(CC(=O)N3CCCC[C@H]3C)c2cc1C. The van der Waals surface area contributed by atoms with E-state index in [-0.39, 0.29) is 23.0 Å². The molecule has 0 bridgehead atoms. The number of aromatic nitrogens is 2. The van der Waals surface area contributed by atoms with Gasteiger partial charge in [0.1, 0.15) is 6.54 Å². The van der Waals surface area contributed by atoms with E-state index < -0.39 is 24.0 Å². The number of likely N-dealkylation sites (tertiary alicyclic amines) is 1. The molecular weight excluding hydrogens is 359 g/mol. The number of halogens is 3. The van der Waals surface area contributed by atoms with Gasteiger partial charge in [0.05, 0.1) is 11.0 Å². The van der Waals surface area contributed by atoms with E-state index in [0.29, 0.717) is 6.54 Å². The number of piperidine rings is 1. The lowest BCUT2D eigenvalue weighted by atomic mass is 10.0. The van der Waals surface area contributed by atoms with E-state index in [2.05, 4.69) is 4.98 Å². The van der Waals surface area contributed by atoms with Crippen molar-refractivity contribution in [3.05, 3.63) is 39.3 Å². The lowest BCUT2D eigenvalue weighted by Crippen LogP contribution is -2.45. The first kappa shape index (κ1) is 19.4. The van der Waals surface area contributed by atoms with Gasteiger partial charge in [0.2, 0.25) is 11.6 Å². The van der Waals surface area contributed by atoms with Crippen LogP contribution < -0.4 is 5.56 Å². The van der Waals surface area contributed by atoms with Gasteiger partial charge in [0.15, 0.2) is 0 Å². The number of hydrogen-bond acceptors (Lipinski definition) is 3.